The molecule has 0 spiro atoms. The van der Waals surface area contributed by atoms with Crippen LogP contribution in [0.3, 0.4) is 0 Å². The maximum absolute atomic E-state index is 13.9. The second kappa shape index (κ2) is 8.58. The summed E-state index contributed by atoms with van der Waals surface area (Å²) in [6.07, 6.45) is 5.12. The summed E-state index contributed by atoms with van der Waals surface area (Å²) in [5, 5.41) is 14.3. The van der Waals surface area contributed by atoms with E-state index in [1.807, 2.05) is 12.3 Å². The van der Waals surface area contributed by atoms with Crippen molar-refractivity contribution in [2.45, 2.75) is 37.8 Å². The summed E-state index contributed by atoms with van der Waals surface area (Å²) in [4.78, 5) is 15.7. The fourth-order valence-electron chi connectivity index (χ4n) is 4.93. The van der Waals surface area contributed by atoms with Crippen molar-refractivity contribution in [1.82, 2.24) is 14.7 Å². The summed E-state index contributed by atoms with van der Waals surface area (Å²) in [6.45, 7) is 0.875. The Morgan fingerprint density at radius 2 is 1.94 bits per heavy atom. The number of rotatable bonds is 5. The standard InChI is InChI=1S/C26H25FN4O3/c1-33-24-17(14-28)4-9-21(26(34-2)11-3-12-26)23(24)25(32)30-13-10-22-18(15-30)16-31(29-22)20-7-5-19(27)6-8-20/h4-9,16H,3,10-13,15H2,1-2H3. The van der Waals surface area contributed by atoms with Gasteiger partial charge < -0.3 is 14.4 Å². The molecular weight excluding hydrogens is 435 g/mol. The van der Waals surface area contributed by atoms with Gasteiger partial charge in [0.1, 0.15) is 17.6 Å². The molecule has 0 saturated heterocycles. The van der Waals surface area contributed by atoms with Crippen LogP contribution in [0.15, 0.2) is 42.6 Å². The van der Waals surface area contributed by atoms with E-state index in [0.29, 0.717) is 36.4 Å². The Bertz CT molecular complexity index is 1280. The van der Waals surface area contributed by atoms with Crippen LogP contribution in [0, 0.1) is 17.1 Å². The lowest BCUT2D eigenvalue weighted by Gasteiger charge is -2.42. The second-order valence-corrected chi connectivity index (χ2v) is 8.73. The lowest BCUT2D eigenvalue weighted by molar-refractivity contribution is -0.0784. The first-order valence-electron chi connectivity index (χ1n) is 11.3. The molecule has 1 saturated carbocycles. The Balaban J connectivity index is 1.50. The number of halogens is 1. The van der Waals surface area contributed by atoms with E-state index in [0.717, 1.165) is 41.8 Å². The van der Waals surface area contributed by atoms with Gasteiger partial charge in [0.15, 0.2) is 0 Å². The first-order valence-corrected chi connectivity index (χ1v) is 11.3. The van der Waals surface area contributed by atoms with Gasteiger partial charge in [-0.25, -0.2) is 9.07 Å². The number of hydrogen-bond donors (Lipinski definition) is 0. The Morgan fingerprint density at radius 3 is 2.56 bits per heavy atom. The monoisotopic (exact) mass is 460 g/mol. The van der Waals surface area contributed by atoms with Crippen molar-refractivity contribution in [1.29, 1.82) is 5.26 Å². The molecule has 1 amide bonds. The minimum Gasteiger partial charge on any atom is -0.495 e. The largest absolute Gasteiger partial charge is 0.495 e. The van der Waals surface area contributed by atoms with Crippen LogP contribution in [0.4, 0.5) is 4.39 Å². The summed E-state index contributed by atoms with van der Waals surface area (Å²) in [7, 11) is 3.15. The summed E-state index contributed by atoms with van der Waals surface area (Å²) in [5.41, 5.74) is 3.56. The Labute approximate surface area is 197 Å². The fourth-order valence-corrected chi connectivity index (χ4v) is 4.93. The normalized spacial score (nSPS) is 16.4. The van der Waals surface area contributed by atoms with Gasteiger partial charge in [0, 0.05) is 43.9 Å². The molecule has 0 bridgehead atoms. The van der Waals surface area contributed by atoms with E-state index in [2.05, 4.69) is 11.2 Å². The topological polar surface area (TPSA) is 80.4 Å². The zero-order valence-corrected chi connectivity index (χ0v) is 19.2. The number of nitriles is 1. The lowest BCUT2D eigenvalue weighted by atomic mass is 9.72. The first-order chi connectivity index (χ1) is 16.5. The zero-order chi connectivity index (χ0) is 23.9. The van der Waals surface area contributed by atoms with Crippen LogP contribution >= 0.6 is 0 Å². The minimum absolute atomic E-state index is 0.188. The molecule has 0 N–H and O–H groups in total. The number of fused-ring (bicyclic) bond motifs is 1. The highest BCUT2D eigenvalue weighted by atomic mass is 19.1. The molecule has 5 rings (SSSR count). The van der Waals surface area contributed by atoms with Gasteiger partial charge in [-0.3, -0.25) is 4.79 Å². The molecule has 1 aliphatic carbocycles. The number of carbonyl (C=O) groups is 1. The molecule has 1 fully saturated rings. The minimum atomic E-state index is -0.541. The molecule has 7 nitrogen and oxygen atoms in total. The predicted molar refractivity (Wildman–Crippen MR) is 122 cm³/mol. The summed E-state index contributed by atoms with van der Waals surface area (Å²) < 4.78 is 26.5. The van der Waals surface area contributed by atoms with E-state index < -0.39 is 5.60 Å². The first kappa shape index (κ1) is 22.1. The van der Waals surface area contributed by atoms with Crippen LogP contribution in [0.25, 0.3) is 5.69 Å². The van der Waals surface area contributed by atoms with Gasteiger partial charge in [-0.05, 0) is 49.6 Å². The molecule has 0 radical (unpaired) electrons. The highest BCUT2D eigenvalue weighted by molar-refractivity contribution is 5.99. The lowest BCUT2D eigenvalue weighted by Crippen LogP contribution is -2.41. The Kier molecular flexibility index (Phi) is 5.58. The Morgan fingerprint density at radius 1 is 1.18 bits per heavy atom. The highest BCUT2D eigenvalue weighted by Gasteiger charge is 2.43. The Hall–Kier alpha value is -3.70. The molecule has 34 heavy (non-hydrogen) atoms. The van der Waals surface area contributed by atoms with Crippen LogP contribution in [0.1, 0.15) is 52.0 Å². The highest BCUT2D eigenvalue weighted by Crippen LogP contribution is 2.48. The number of methoxy groups -OCH3 is 2. The van der Waals surface area contributed by atoms with Gasteiger partial charge >= 0.3 is 0 Å². The van der Waals surface area contributed by atoms with Crippen LogP contribution in [0.2, 0.25) is 0 Å². The van der Waals surface area contributed by atoms with Gasteiger partial charge in [0.05, 0.1) is 35.2 Å². The summed E-state index contributed by atoms with van der Waals surface area (Å²) >= 11 is 0. The van der Waals surface area contributed by atoms with Gasteiger partial charge in [-0.15, -0.1) is 0 Å². The maximum atomic E-state index is 13.9. The average Bonchev–Trinajstić information content (AvgIpc) is 3.26. The number of amides is 1. The van der Waals surface area contributed by atoms with Crippen LogP contribution in [-0.4, -0.2) is 41.4 Å². The quantitative estimate of drug-likeness (QED) is 0.572. The number of hydrogen-bond acceptors (Lipinski definition) is 5. The fraction of sp³-hybridized carbons (Fsp3) is 0.346. The van der Waals surface area contributed by atoms with Crippen molar-refractivity contribution in [3.63, 3.8) is 0 Å². The number of ether oxygens (including phenoxy) is 2. The molecule has 2 aromatic carbocycles. The molecule has 2 aliphatic rings. The van der Waals surface area contributed by atoms with Crippen molar-refractivity contribution >= 4 is 5.91 Å². The second-order valence-electron chi connectivity index (χ2n) is 8.73. The van der Waals surface area contributed by atoms with Crippen molar-refractivity contribution in [2.75, 3.05) is 20.8 Å². The number of benzene rings is 2. The van der Waals surface area contributed by atoms with Crippen molar-refractivity contribution in [3.05, 3.63) is 76.4 Å². The third-order valence-corrected chi connectivity index (χ3v) is 6.97. The van der Waals surface area contributed by atoms with E-state index in [1.165, 1.54) is 19.2 Å². The van der Waals surface area contributed by atoms with E-state index >= 15 is 0 Å². The number of nitrogens with zero attached hydrogens (tertiary/aromatic N) is 4. The zero-order valence-electron chi connectivity index (χ0n) is 19.2. The van der Waals surface area contributed by atoms with E-state index in [4.69, 9.17) is 9.47 Å². The van der Waals surface area contributed by atoms with Crippen molar-refractivity contribution in [2.24, 2.45) is 0 Å². The van der Waals surface area contributed by atoms with E-state index in [9.17, 15) is 14.4 Å². The molecule has 8 heteroatoms. The number of carbonyl (C=O) groups excluding carboxylic acids is 1. The third-order valence-electron chi connectivity index (χ3n) is 6.97. The van der Waals surface area contributed by atoms with Gasteiger partial charge in [-0.1, -0.05) is 6.07 Å². The van der Waals surface area contributed by atoms with Gasteiger partial charge in [0.25, 0.3) is 5.91 Å². The molecule has 1 aromatic heterocycles. The molecule has 0 atom stereocenters. The van der Waals surface area contributed by atoms with Crippen LogP contribution < -0.4 is 4.74 Å². The van der Waals surface area contributed by atoms with Gasteiger partial charge in [-0.2, -0.15) is 10.4 Å². The summed E-state index contributed by atoms with van der Waals surface area (Å²) in [5.74, 6) is -0.198. The van der Waals surface area contributed by atoms with E-state index in [1.54, 1.807) is 34.9 Å². The molecule has 1 aliphatic heterocycles. The van der Waals surface area contributed by atoms with Crippen LogP contribution in [0.5, 0.6) is 5.75 Å². The van der Waals surface area contributed by atoms with Crippen molar-refractivity contribution < 1.29 is 18.7 Å². The predicted octanol–water partition coefficient (Wildman–Crippen LogP) is 4.12. The summed E-state index contributed by atoms with van der Waals surface area (Å²) in [6, 6.07) is 11.8. The third kappa shape index (κ3) is 3.53. The van der Waals surface area contributed by atoms with E-state index in [-0.39, 0.29) is 11.7 Å². The molecule has 174 valence electrons. The SMILES string of the molecule is COc1c(C#N)ccc(C2(OC)CCC2)c1C(=O)N1CCc2nn(-c3ccc(F)cc3)cc2C1. The van der Waals surface area contributed by atoms with Crippen molar-refractivity contribution in [3.8, 4) is 17.5 Å². The van der Waals surface area contributed by atoms with Gasteiger partial charge in [0.2, 0.25) is 0 Å². The molecule has 0 unspecified atom stereocenters. The molecule has 2 heterocycles. The smallest absolute Gasteiger partial charge is 0.258 e. The average molecular weight is 461 g/mol. The van der Waals surface area contributed by atoms with Crippen LogP contribution in [-0.2, 0) is 23.3 Å². The maximum Gasteiger partial charge on any atom is 0.258 e. The molecule has 3 aromatic rings. The molecular formula is C26H25FN4O3. The number of aromatic nitrogens is 2.